The lowest BCUT2D eigenvalue weighted by molar-refractivity contribution is -0.385. The molecule has 0 radical (unpaired) electrons. The van der Waals surface area contributed by atoms with Crippen LogP contribution in [0.5, 0.6) is 0 Å². The number of rotatable bonds is 4. The zero-order chi connectivity index (χ0) is 15.4. The average molecular weight is 331 g/mol. The number of nitro benzene ring substituents is 1. The third-order valence-electron chi connectivity index (χ3n) is 3.72. The molecule has 0 spiro atoms. The van der Waals surface area contributed by atoms with E-state index in [1.807, 2.05) is 0 Å². The van der Waals surface area contributed by atoms with E-state index in [4.69, 9.17) is 23.2 Å². The molecule has 1 atom stereocenters. The van der Waals surface area contributed by atoms with E-state index in [-0.39, 0.29) is 23.2 Å². The molecule has 5 nitrogen and oxygen atoms in total. The van der Waals surface area contributed by atoms with Gasteiger partial charge in [0, 0.05) is 29.6 Å². The van der Waals surface area contributed by atoms with Crippen LogP contribution in [0.1, 0.15) is 36.0 Å². The molecule has 0 aliphatic carbocycles. The van der Waals surface area contributed by atoms with Gasteiger partial charge in [-0.1, -0.05) is 11.6 Å². The largest absolute Gasteiger partial charge is 0.335 e. The summed E-state index contributed by atoms with van der Waals surface area (Å²) in [6.45, 7) is 0.601. The summed E-state index contributed by atoms with van der Waals surface area (Å²) < 4.78 is 0. The van der Waals surface area contributed by atoms with Crippen molar-refractivity contribution in [2.24, 2.45) is 0 Å². The van der Waals surface area contributed by atoms with Gasteiger partial charge in [0.25, 0.3) is 11.6 Å². The zero-order valence-electron chi connectivity index (χ0n) is 11.4. The second-order valence-electron chi connectivity index (χ2n) is 5.04. The molecule has 1 amide bonds. The maximum atomic E-state index is 12.7. The molecule has 0 bridgehead atoms. The van der Waals surface area contributed by atoms with Crippen LogP contribution in [-0.2, 0) is 0 Å². The van der Waals surface area contributed by atoms with Crippen molar-refractivity contribution in [1.82, 2.24) is 4.90 Å². The second-order valence-corrected chi connectivity index (χ2v) is 5.86. The second kappa shape index (κ2) is 7.09. The van der Waals surface area contributed by atoms with Crippen LogP contribution >= 0.6 is 23.2 Å². The Hall–Kier alpha value is -1.33. The van der Waals surface area contributed by atoms with Gasteiger partial charge >= 0.3 is 0 Å². The minimum atomic E-state index is -0.552. The van der Waals surface area contributed by atoms with E-state index in [1.165, 1.54) is 18.2 Å². The lowest BCUT2D eigenvalue weighted by Gasteiger charge is -2.35. The Morgan fingerprint density at radius 1 is 1.43 bits per heavy atom. The van der Waals surface area contributed by atoms with Gasteiger partial charge in [0.05, 0.1) is 4.92 Å². The summed E-state index contributed by atoms with van der Waals surface area (Å²) in [6, 6.07) is 4.11. The van der Waals surface area contributed by atoms with Gasteiger partial charge in [0.2, 0.25) is 0 Å². The van der Waals surface area contributed by atoms with Gasteiger partial charge in [0.15, 0.2) is 0 Å². The quantitative estimate of drug-likeness (QED) is 0.478. The Morgan fingerprint density at radius 2 is 2.19 bits per heavy atom. The van der Waals surface area contributed by atoms with Crippen molar-refractivity contribution in [2.45, 2.75) is 31.7 Å². The van der Waals surface area contributed by atoms with Gasteiger partial charge < -0.3 is 4.90 Å². The van der Waals surface area contributed by atoms with Crippen molar-refractivity contribution in [3.05, 3.63) is 38.9 Å². The van der Waals surface area contributed by atoms with Crippen LogP contribution in [0.2, 0.25) is 5.02 Å². The van der Waals surface area contributed by atoms with Crippen LogP contribution in [-0.4, -0.2) is 34.2 Å². The molecule has 0 aromatic heterocycles. The van der Waals surface area contributed by atoms with Gasteiger partial charge in [0.1, 0.15) is 5.56 Å². The molecule has 1 aromatic carbocycles. The van der Waals surface area contributed by atoms with E-state index in [9.17, 15) is 14.9 Å². The first-order valence-corrected chi connectivity index (χ1v) is 7.76. The first-order valence-electron chi connectivity index (χ1n) is 6.85. The molecule has 21 heavy (non-hydrogen) atoms. The summed E-state index contributed by atoms with van der Waals surface area (Å²) in [5, 5.41) is 11.4. The third kappa shape index (κ3) is 3.66. The Bertz CT molecular complexity index is 549. The van der Waals surface area contributed by atoms with E-state index >= 15 is 0 Å². The molecule has 2 rings (SSSR count). The molecule has 1 heterocycles. The number of piperidine rings is 1. The maximum Gasteiger partial charge on any atom is 0.282 e. The maximum absolute atomic E-state index is 12.7. The number of halogens is 2. The fourth-order valence-corrected chi connectivity index (χ4v) is 3.11. The van der Waals surface area contributed by atoms with Crippen molar-refractivity contribution in [1.29, 1.82) is 0 Å². The van der Waals surface area contributed by atoms with Crippen LogP contribution in [0.15, 0.2) is 18.2 Å². The SMILES string of the molecule is O=C(c1cc(Cl)ccc1[N+](=O)[O-])N1CCCCC1CCCl. The predicted molar refractivity (Wildman–Crippen MR) is 82.1 cm³/mol. The molecule has 0 saturated carbocycles. The Kier molecular flexibility index (Phi) is 5.42. The van der Waals surface area contributed by atoms with Crippen molar-refractivity contribution < 1.29 is 9.72 Å². The van der Waals surface area contributed by atoms with Gasteiger partial charge in [-0.05, 0) is 37.8 Å². The first kappa shape index (κ1) is 16.0. The summed E-state index contributed by atoms with van der Waals surface area (Å²) in [5.41, 5.74) is -0.159. The third-order valence-corrected chi connectivity index (χ3v) is 4.17. The number of nitro groups is 1. The number of likely N-dealkylation sites (tertiary alicyclic amines) is 1. The number of hydrogen-bond donors (Lipinski definition) is 0. The number of alkyl halides is 1. The highest BCUT2D eigenvalue weighted by Gasteiger charge is 2.31. The average Bonchev–Trinajstić information content (AvgIpc) is 2.47. The molecular formula is C14H16Cl2N2O3. The van der Waals surface area contributed by atoms with Crippen LogP contribution < -0.4 is 0 Å². The number of carbonyl (C=O) groups excluding carboxylic acids is 1. The molecule has 1 aliphatic heterocycles. The van der Waals surface area contributed by atoms with Crippen LogP contribution in [0.25, 0.3) is 0 Å². The van der Waals surface area contributed by atoms with E-state index in [0.717, 1.165) is 19.3 Å². The predicted octanol–water partition coefficient (Wildman–Crippen LogP) is 3.87. The molecule has 1 aliphatic rings. The number of nitrogens with zero attached hydrogens (tertiary/aromatic N) is 2. The lowest BCUT2D eigenvalue weighted by atomic mass is 9.98. The summed E-state index contributed by atoms with van der Waals surface area (Å²) >= 11 is 11.7. The van der Waals surface area contributed by atoms with Gasteiger partial charge in [-0.2, -0.15) is 0 Å². The van der Waals surface area contributed by atoms with E-state index < -0.39 is 4.92 Å². The number of carbonyl (C=O) groups is 1. The first-order chi connectivity index (χ1) is 10.0. The van der Waals surface area contributed by atoms with Gasteiger partial charge in [-0.25, -0.2) is 0 Å². The topological polar surface area (TPSA) is 63.4 Å². The highest BCUT2D eigenvalue weighted by Crippen LogP contribution is 2.28. The summed E-state index contributed by atoms with van der Waals surface area (Å²) in [6.07, 6.45) is 3.52. The van der Waals surface area contributed by atoms with Crippen LogP contribution in [0.4, 0.5) is 5.69 Å². The fourth-order valence-electron chi connectivity index (χ4n) is 2.69. The standard InChI is InChI=1S/C14H16Cl2N2O3/c15-7-6-11-3-1-2-8-17(11)14(19)12-9-10(16)4-5-13(12)18(20)21/h4-5,9,11H,1-3,6-8H2. The molecular weight excluding hydrogens is 315 g/mol. The Labute approximate surface area is 133 Å². The molecule has 1 fully saturated rings. The van der Waals surface area contributed by atoms with Crippen LogP contribution in [0, 0.1) is 10.1 Å². The van der Waals surface area contributed by atoms with Crippen molar-refractivity contribution in [3.8, 4) is 0 Å². The van der Waals surface area contributed by atoms with Crippen molar-refractivity contribution in [2.75, 3.05) is 12.4 Å². The molecule has 1 unspecified atom stereocenters. The highest BCUT2D eigenvalue weighted by molar-refractivity contribution is 6.31. The number of hydrogen-bond acceptors (Lipinski definition) is 3. The molecule has 1 aromatic rings. The van der Waals surface area contributed by atoms with Gasteiger partial charge in [-0.15, -0.1) is 11.6 Å². The highest BCUT2D eigenvalue weighted by atomic mass is 35.5. The normalized spacial score (nSPS) is 18.6. The number of benzene rings is 1. The van der Waals surface area contributed by atoms with Gasteiger partial charge in [-0.3, -0.25) is 14.9 Å². The van der Waals surface area contributed by atoms with Crippen molar-refractivity contribution >= 4 is 34.8 Å². The van der Waals surface area contributed by atoms with E-state index in [0.29, 0.717) is 23.9 Å². The van der Waals surface area contributed by atoms with Crippen LogP contribution in [0.3, 0.4) is 0 Å². The fraction of sp³-hybridized carbons (Fsp3) is 0.500. The molecule has 1 saturated heterocycles. The lowest BCUT2D eigenvalue weighted by Crippen LogP contribution is -2.44. The summed E-state index contributed by atoms with van der Waals surface area (Å²) in [4.78, 5) is 24.9. The monoisotopic (exact) mass is 330 g/mol. The Balaban J connectivity index is 2.33. The smallest absolute Gasteiger partial charge is 0.282 e. The Morgan fingerprint density at radius 3 is 2.86 bits per heavy atom. The van der Waals surface area contributed by atoms with E-state index in [1.54, 1.807) is 4.90 Å². The zero-order valence-corrected chi connectivity index (χ0v) is 12.9. The minimum Gasteiger partial charge on any atom is -0.335 e. The minimum absolute atomic E-state index is 0.0438. The molecule has 0 N–H and O–H groups in total. The molecule has 7 heteroatoms. The summed E-state index contributed by atoms with van der Waals surface area (Å²) in [5.74, 6) is 0.130. The van der Waals surface area contributed by atoms with E-state index in [2.05, 4.69) is 0 Å². The number of amides is 1. The summed E-state index contributed by atoms with van der Waals surface area (Å²) in [7, 11) is 0. The molecule has 114 valence electrons. The van der Waals surface area contributed by atoms with Crippen molar-refractivity contribution in [3.63, 3.8) is 0 Å².